The number of nitrogens with zero attached hydrogens (tertiary/aromatic N) is 2. The van der Waals surface area contributed by atoms with Gasteiger partial charge in [-0.15, -0.1) is 11.3 Å². The lowest BCUT2D eigenvalue weighted by Crippen LogP contribution is -2.48. The Morgan fingerprint density at radius 2 is 1.97 bits per heavy atom. The second-order valence-electron chi connectivity index (χ2n) is 8.14. The average Bonchev–Trinajstić information content (AvgIpc) is 3.25. The summed E-state index contributed by atoms with van der Waals surface area (Å²) in [5.41, 5.74) is 1.14. The Morgan fingerprint density at radius 1 is 1.23 bits per heavy atom. The van der Waals surface area contributed by atoms with Crippen LogP contribution in [0.5, 0.6) is 11.5 Å². The summed E-state index contributed by atoms with van der Waals surface area (Å²) in [4.78, 5) is 30.6. The lowest BCUT2D eigenvalue weighted by Gasteiger charge is -2.37. The maximum Gasteiger partial charge on any atom is 0.242 e. The normalized spacial score (nSPS) is 15.5. The number of benzene rings is 1. The predicted molar refractivity (Wildman–Crippen MR) is 123 cm³/mol. The van der Waals surface area contributed by atoms with Crippen LogP contribution in [-0.4, -0.2) is 55.0 Å². The van der Waals surface area contributed by atoms with Gasteiger partial charge < -0.3 is 19.3 Å². The van der Waals surface area contributed by atoms with Gasteiger partial charge in [0.15, 0.2) is 11.5 Å². The van der Waals surface area contributed by atoms with Gasteiger partial charge in [0.25, 0.3) is 0 Å². The fourth-order valence-corrected chi connectivity index (χ4v) is 4.88. The maximum absolute atomic E-state index is 13.3. The molecule has 1 atom stereocenters. The minimum Gasteiger partial charge on any atom is -0.493 e. The molecule has 3 rings (SSSR count). The Hall–Kier alpha value is -2.54. The van der Waals surface area contributed by atoms with E-state index in [2.05, 4.69) is 25.3 Å². The Morgan fingerprint density at radius 3 is 2.65 bits per heavy atom. The lowest BCUT2D eigenvalue weighted by molar-refractivity contribution is -0.143. The zero-order valence-electron chi connectivity index (χ0n) is 18.8. The van der Waals surface area contributed by atoms with Crippen LogP contribution in [0.2, 0.25) is 0 Å². The van der Waals surface area contributed by atoms with Gasteiger partial charge in [-0.05, 0) is 41.5 Å². The topological polar surface area (TPSA) is 59.1 Å². The first kappa shape index (κ1) is 23.1. The van der Waals surface area contributed by atoms with Gasteiger partial charge in [0, 0.05) is 24.4 Å². The van der Waals surface area contributed by atoms with Crippen LogP contribution < -0.4 is 9.47 Å². The minimum absolute atomic E-state index is 0.0112. The number of fused-ring (bicyclic) bond motifs is 1. The van der Waals surface area contributed by atoms with Crippen molar-refractivity contribution in [2.24, 2.45) is 5.92 Å². The third kappa shape index (κ3) is 5.58. The first-order valence-electron chi connectivity index (χ1n) is 10.8. The molecule has 0 unspecified atom stereocenters. The lowest BCUT2D eigenvalue weighted by atomic mass is 10.00. The van der Waals surface area contributed by atoms with Crippen molar-refractivity contribution in [3.63, 3.8) is 0 Å². The van der Waals surface area contributed by atoms with Crippen LogP contribution >= 0.6 is 11.3 Å². The van der Waals surface area contributed by atoms with Crippen molar-refractivity contribution >= 4 is 23.2 Å². The molecule has 0 bridgehead atoms. The molecule has 0 fully saturated rings. The zero-order valence-corrected chi connectivity index (χ0v) is 19.6. The number of hydrogen-bond acceptors (Lipinski definition) is 5. The highest BCUT2D eigenvalue weighted by Gasteiger charge is 2.33. The van der Waals surface area contributed by atoms with E-state index in [1.54, 1.807) is 23.3 Å². The summed E-state index contributed by atoms with van der Waals surface area (Å²) in [5.74, 6) is 1.60. The first-order valence-corrected chi connectivity index (χ1v) is 11.7. The van der Waals surface area contributed by atoms with Gasteiger partial charge in [-0.1, -0.05) is 32.9 Å². The number of methoxy groups -OCH3 is 1. The molecular formula is C24H32N2O4S. The van der Waals surface area contributed by atoms with Crippen molar-refractivity contribution in [3.05, 3.63) is 46.2 Å². The number of ether oxygens (including phenoxy) is 2. The highest BCUT2D eigenvalue weighted by Crippen LogP contribution is 2.35. The summed E-state index contributed by atoms with van der Waals surface area (Å²) in [6, 6.07) is 9.41. The predicted octanol–water partition coefficient (Wildman–Crippen LogP) is 4.16. The monoisotopic (exact) mass is 444 g/mol. The van der Waals surface area contributed by atoms with Gasteiger partial charge in [-0.2, -0.15) is 0 Å². The third-order valence-electron chi connectivity index (χ3n) is 5.45. The standard InChI is InChI=1S/C24H32N2O4S/c1-5-23(27)25(14-17(2)3)15-24(28)26-12-10-22-18(11-13-31-22)19(26)16-30-21-9-7-6-8-20(21)29-4/h6-9,11,13,17,19H,5,10,12,14-16H2,1-4H3/t19-/m1/s1. The average molecular weight is 445 g/mol. The van der Waals surface area contributed by atoms with Crippen LogP contribution in [-0.2, 0) is 16.0 Å². The summed E-state index contributed by atoms with van der Waals surface area (Å²) in [7, 11) is 1.61. The van der Waals surface area contributed by atoms with Crippen molar-refractivity contribution in [3.8, 4) is 11.5 Å². The van der Waals surface area contributed by atoms with Crippen molar-refractivity contribution in [1.82, 2.24) is 9.80 Å². The number of thiophene rings is 1. The molecule has 0 radical (unpaired) electrons. The molecule has 0 saturated carbocycles. The number of hydrogen-bond donors (Lipinski definition) is 0. The smallest absolute Gasteiger partial charge is 0.242 e. The van der Waals surface area contributed by atoms with Crippen molar-refractivity contribution in [2.75, 3.05) is 33.4 Å². The molecule has 2 heterocycles. The second-order valence-corrected chi connectivity index (χ2v) is 9.14. The molecule has 1 aliphatic rings. The van der Waals surface area contributed by atoms with Gasteiger partial charge in [0.1, 0.15) is 6.61 Å². The molecular weight excluding hydrogens is 412 g/mol. The van der Waals surface area contributed by atoms with Gasteiger partial charge in [-0.25, -0.2) is 0 Å². The summed E-state index contributed by atoms with van der Waals surface area (Å²) < 4.78 is 11.5. The molecule has 1 aromatic carbocycles. The summed E-state index contributed by atoms with van der Waals surface area (Å²) in [6.45, 7) is 7.60. The van der Waals surface area contributed by atoms with Crippen LogP contribution in [0.25, 0.3) is 0 Å². The molecule has 168 valence electrons. The highest BCUT2D eigenvalue weighted by atomic mass is 32.1. The second kappa shape index (κ2) is 10.7. The first-order chi connectivity index (χ1) is 14.9. The largest absolute Gasteiger partial charge is 0.493 e. The molecule has 0 saturated heterocycles. The molecule has 7 heteroatoms. The van der Waals surface area contributed by atoms with E-state index >= 15 is 0 Å². The van der Waals surface area contributed by atoms with Crippen molar-refractivity contribution in [1.29, 1.82) is 0 Å². The third-order valence-corrected chi connectivity index (χ3v) is 6.44. The number of rotatable bonds is 9. The number of carbonyl (C=O) groups is 2. The quantitative estimate of drug-likeness (QED) is 0.583. The van der Waals surface area contributed by atoms with Crippen LogP contribution in [0.4, 0.5) is 0 Å². The van der Waals surface area contributed by atoms with Gasteiger partial charge in [0.2, 0.25) is 11.8 Å². The summed E-state index contributed by atoms with van der Waals surface area (Å²) in [6.07, 6.45) is 1.23. The number of para-hydroxylation sites is 2. The Labute approximate surface area is 188 Å². The van der Waals surface area contributed by atoms with E-state index in [0.29, 0.717) is 43.5 Å². The molecule has 2 aromatic rings. The van der Waals surface area contributed by atoms with Crippen LogP contribution in [0.3, 0.4) is 0 Å². The van der Waals surface area contributed by atoms with Crippen LogP contribution in [0.15, 0.2) is 35.7 Å². The SMILES string of the molecule is CCC(=O)N(CC(=O)N1CCc2sccc2[C@H]1COc1ccccc1OC)CC(C)C. The van der Waals surface area contributed by atoms with E-state index < -0.39 is 0 Å². The maximum atomic E-state index is 13.3. The number of amides is 2. The molecule has 0 spiro atoms. The fraction of sp³-hybridized carbons (Fsp3) is 0.500. The van der Waals surface area contributed by atoms with E-state index in [1.165, 1.54) is 4.88 Å². The van der Waals surface area contributed by atoms with Gasteiger partial charge >= 0.3 is 0 Å². The molecule has 6 nitrogen and oxygen atoms in total. The molecule has 1 aromatic heterocycles. The summed E-state index contributed by atoms with van der Waals surface area (Å²) in [5, 5.41) is 2.07. The Kier molecular flexibility index (Phi) is 7.96. The Bertz CT molecular complexity index is 895. The number of carbonyl (C=O) groups excluding carboxylic acids is 2. The van der Waals surface area contributed by atoms with Crippen molar-refractivity contribution in [2.45, 2.75) is 39.7 Å². The highest BCUT2D eigenvalue weighted by molar-refractivity contribution is 7.10. The van der Waals surface area contributed by atoms with Crippen LogP contribution in [0, 0.1) is 5.92 Å². The van der Waals surface area contributed by atoms with E-state index in [-0.39, 0.29) is 24.4 Å². The Balaban J connectivity index is 1.79. The van der Waals surface area contributed by atoms with Gasteiger partial charge in [0.05, 0.1) is 19.7 Å². The van der Waals surface area contributed by atoms with E-state index in [9.17, 15) is 9.59 Å². The van der Waals surface area contributed by atoms with E-state index in [0.717, 1.165) is 12.0 Å². The minimum atomic E-state index is -0.190. The molecule has 31 heavy (non-hydrogen) atoms. The van der Waals surface area contributed by atoms with E-state index in [4.69, 9.17) is 9.47 Å². The van der Waals surface area contributed by atoms with Crippen molar-refractivity contribution < 1.29 is 19.1 Å². The molecule has 2 amide bonds. The zero-order chi connectivity index (χ0) is 22.4. The molecule has 0 aliphatic carbocycles. The molecule has 1 aliphatic heterocycles. The van der Waals surface area contributed by atoms with E-state index in [1.807, 2.05) is 36.1 Å². The molecule has 0 N–H and O–H groups in total. The van der Waals surface area contributed by atoms with Crippen LogP contribution in [0.1, 0.15) is 43.7 Å². The summed E-state index contributed by atoms with van der Waals surface area (Å²) >= 11 is 1.72. The van der Waals surface area contributed by atoms with Gasteiger partial charge in [-0.3, -0.25) is 9.59 Å². The fourth-order valence-electron chi connectivity index (χ4n) is 3.95.